The van der Waals surface area contributed by atoms with Crippen LogP contribution in [0.4, 0.5) is 5.69 Å². The first-order valence-corrected chi connectivity index (χ1v) is 5.96. The van der Waals surface area contributed by atoms with Crippen molar-refractivity contribution in [3.63, 3.8) is 0 Å². The molecule has 0 radical (unpaired) electrons. The van der Waals surface area contributed by atoms with Gasteiger partial charge >= 0.3 is 0 Å². The number of nitrogens with two attached hydrogens (primary N) is 2. The molecule has 1 heterocycles. The van der Waals surface area contributed by atoms with Crippen LogP contribution in [-0.4, -0.2) is 12.6 Å². The molecule has 1 aliphatic rings. The Morgan fingerprint density at radius 2 is 2.06 bits per heavy atom. The summed E-state index contributed by atoms with van der Waals surface area (Å²) in [6.45, 7) is 0.706. The predicted octanol–water partition coefficient (Wildman–Crippen LogP) is 1.78. The van der Waals surface area contributed by atoms with Gasteiger partial charge in [0, 0.05) is 23.2 Å². The summed E-state index contributed by atoms with van der Waals surface area (Å²) < 4.78 is 7.96. The van der Waals surface area contributed by atoms with Crippen LogP contribution in [0.5, 0.6) is 0 Å². The molecule has 2 aromatic carbocycles. The molecule has 1 aliphatic heterocycles. The van der Waals surface area contributed by atoms with Gasteiger partial charge in [-0.3, -0.25) is 0 Å². The molecule has 0 bridgehead atoms. The molecule has 1 saturated heterocycles. The third-order valence-electron chi connectivity index (χ3n) is 3.52. The van der Waals surface area contributed by atoms with Gasteiger partial charge in [0.15, 0.2) is 0 Å². The maximum atomic E-state index is 7.96. The normalized spacial score (nSPS) is 26.3. The Kier molecular flexibility index (Phi) is 2.23. The highest BCUT2D eigenvalue weighted by molar-refractivity contribution is 5.94. The second kappa shape index (κ2) is 4.02. The van der Waals surface area contributed by atoms with Crippen LogP contribution in [0, 0.1) is 0 Å². The number of nitrogen functional groups attached to an aromatic ring is 1. The number of nitrogens with one attached hydrogen (secondary N) is 1. The van der Waals surface area contributed by atoms with Crippen molar-refractivity contribution in [1.29, 1.82) is 0 Å². The smallest absolute Gasteiger partial charge is 0.123 e. The summed E-state index contributed by atoms with van der Waals surface area (Å²) in [6.07, 6.45) is 0.848. The average Bonchev–Trinajstić information content (AvgIpc) is 2.71. The molecule has 3 rings (SSSR count). The predicted molar refractivity (Wildman–Crippen MR) is 71.7 cm³/mol. The Balaban J connectivity index is 2.15. The number of hydrogen-bond acceptors (Lipinski definition) is 3. The number of anilines is 1. The molecule has 17 heavy (non-hydrogen) atoms. The van der Waals surface area contributed by atoms with Gasteiger partial charge in [0.2, 0.25) is 0 Å². The van der Waals surface area contributed by atoms with E-state index >= 15 is 0 Å². The van der Waals surface area contributed by atoms with Crippen LogP contribution in [0.3, 0.4) is 0 Å². The van der Waals surface area contributed by atoms with Crippen molar-refractivity contribution >= 4 is 16.5 Å². The summed E-state index contributed by atoms with van der Waals surface area (Å²) in [4.78, 5) is 0. The van der Waals surface area contributed by atoms with Crippen molar-refractivity contribution in [2.24, 2.45) is 5.73 Å². The van der Waals surface area contributed by atoms with Crippen LogP contribution < -0.4 is 16.8 Å². The fraction of sp³-hybridized carbons (Fsp3) is 0.286. The summed E-state index contributed by atoms with van der Waals surface area (Å²) >= 11 is 0. The van der Waals surface area contributed by atoms with Gasteiger partial charge in [-0.25, -0.2) is 0 Å². The number of hydrogen-bond donors (Lipinski definition) is 3. The zero-order valence-corrected chi connectivity index (χ0v) is 9.63. The van der Waals surface area contributed by atoms with Crippen LogP contribution in [0.2, 0.25) is 1.41 Å². The highest BCUT2D eigenvalue weighted by Gasteiger charge is 2.26. The monoisotopic (exact) mass is 228 g/mol. The van der Waals surface area contributed by atoms with Crippen molar-refractivity contribution in [3.8, 4) is 0 Å². The lowest BCUT2D eigenvalue weighted by Gasteiger charge is -2.19. The van der Waals surface area contributed by atoms with E-state index in [2.05, 4.69) is 6.07 Å². The van der Waals surface area contributed by atoms with E-state index in [9.17, 15) is 0 Å². The van der Waals surface area contributed by atoms with E-state index in [1.807, 2.05) is 30.3 Å². The van der Waals surface area contributed by atoms with Crippen LogP contribution in [0.25, 0.3) is 10.8 Å². The SMILES string of the molecule is [2H]N1CCC(N)[C@H]1c1ccc2ccccc2c1N. The zero-order valence-electron chi connectivity index (χ0n) is 10.6. The summed E-state index contributed by atoms with van der Waals surface area (Å²) in [6, 6.07) is 12.0. The molecule has 0 amide bonds. The summed E-state index contributed by atoms with van der Waals surface area (Å²) in [5.74, 6) is 0. The minimum absolute atomic E-state index is 0.00837. The molecule has 0 aliphatic carbocycles. The van der Waals surface area contributed by atoms with E-state index in [1.165, 1.54) is 0 Å². The fourth-order valence-electron chi connectivity index (χ4n) is 2.56. The molecule has 3 nitrogen and oxygen atoms in total. The molecule has 2 atom stereocenters. The first kappa shape index (κ1) is 9.45. The van der Waals surface area contributed by atoms with Crippen LogP contribution in [0.1, 0.15) is 18.0 Å². The first-order valence-electron chi connectivity index (χ1n) is 6.41. The minimum Gasteiger partial charge on any atom is -0.398 e. The average molecular weight is 228 g/mol. The van der Waals surface area contributed by atoms with Gasteiger partial charge in [0.05, 0.1) is 0 Å². The Hall–Kier alpha value is -1.58. The number of fused-ring (bicyclic) bond motifs is 1. The second-order valence-corrected chi connectivity index (χ2v) is 4.59. The van der Waals surface area contributed by atoms with Gasteiger partial charge in [0.1, 0.15) is 1.41 Å². The number of benzene rings is 2. The second-order valence-electron chi connectivity index (χ2n) is 4.59. The highest BCUT2D eigenvalue weighted by atomic mass is 15.0. The summed E-state index contributed by atoms with van der Waals surface area (Å²) in [7, 11) is 0. The quantitative estimate of drug-likeness (QED) is 0.652. The third kappa shape index (κ3) is 1.68. The third-order valence-corrected chi connectivity index (χ3v) is 3.52. The van der Waals surface area contributed by atoms with Gasteiger partial charge < -0.3 is 16.8 Å². The largest absolute Gasteiger partial charge is 0.398 e. The van der Waals surface area contributed by atoms with Crippen LogP contribution in [-0.2, 0) is 0 Å². The Labute approximate surface area is 102 Å². The van der Waals surface area contributed by atoms with Gasteiger partial charge in [-0.1, -0.05) is 36.4 Å². The molecule has 0 saturated carbocycles. The number of rotatable bonds is 1. The lowest BCUT2D eigenvalue weighted by Crippen LogP contribution is -2.28. The van der Waals surface area contributed by atoms with E-state index in [1.54, 1.807) is 5.31 Å². The molecule has 3 heteroatoms. The standard InChI is InChI=1S/C14H17N3/c15-12-7-8-17-14(12)11-6-5-9-3-1-2-4-10(9)13(11)16/h1-6,12,14,17H,7-8,15-16H2/t12?,14-/m1/s1/i/hD. The zero-order chi connectivity index (χ0) is 12.7. The fourth-order valence-corrected chi connectivity index (χ4v) is 2.56. The van der Waals surface area contributed by atoms with Gasteiger partial charge in [-0.05, 0) is 23.9 Å². The molecular weight excluding hydrogens is 210 g/mol. The lowest BCUT2D eigenvalue weighted by atomic mass is 9.96. The first-order chi connectivity index (χ1) is 8.68. The summed E-state index contributed by atoms with van der Waals surface area (Å²) in [5.41, 5.74) is 14.1. The molecule has 0 spiro atoms. The van der Waals surface area contributed by atoms with E-state index in [-0.39, 0.29) is 12.1 Å². The maximum absolute atomic E-state index is 7.96. The Morgan fingerprint density at radius 1 is 1.24 bits per heavy atom. The summed E-state index contributed by atoms with van der Waals surface area (Å²) in [5, 5.41) is 3.72. The van der Waals surface area contributed by atoms with E-state index in [4.69, 9.17) is 12.9 Å². The molecule has 1 fully saturated rings. The van der Waals surface area contributed by atoms with Gasteiger partial charge in [-0.2, -0.15) is 0 Å². The van der Waals surface area contributed by atoms with E-state index in [0.29, 0.717) is 6.54 Å². The van der Waals surface area contributed by atoms with Crippen LogP contribution in [0.15, 0.2) is 36.4 Å². The molecular formula is C14H17N3. The lowest BCUT2D eigenvalue weighted by molar-refractivity contribution is 0.573. The van der Waals surface area contributed by atoms with Crippen molar-refractivity contribution in [2.45, 2.75) is 18.5 Å². The van der Waals surface area contributed by atoms with Crippen molar-refractivity contribution < 1.29 is 1.41 Å². The van der Waals surface area contributed by atoms with E-state index in [0.717, 1.165) is 28.4 Å². The molecule has 0 aromatic heterocycles. The maximum Gasteiger partial charge on any atom is 0.123 e. The van der Waals surface area contributed by atoms with Crippen molar-refractivity contribution in [2.75, 3.05) is 12.3 Å². The molecule has 5 N–H and O–H groups in total. The van der Waals surface area contributed by atoms with Gasteiger partial charge in [-0.15, -0.1) is 0 Å². The van der Waals surface area contributed by atoms with E-state index < -0.39 is 0 Å². The topological polar surface area (TPSA) is 64.1 Å². The minimum atomic E-state index is -0.0883. The molecule has 88 valence electrons. The van der Waals surface area contributed by atoms with Crippen molar-refractivity contribution in [1.82, 2.24) is 5.31 Å². The van der Waals surface area contributed by atoms with Gasteiger partial charge in [0.25, 0.3) is 0 Å². The Bertz CT molecular complexity index is 574. The van der Waals surface area contributed by atoms with Crippen LogP contribution >= 0.6 is 0 Å². The molecule has 1 unspecified atom stereocenters. The van der Waals surface area contributed by atoms with Crippen molar-refractivity contribution in [3.05, 3.63) is 42.0 Å². The highest BCUT2D eigenvalue weighted by Crippen LogP contribution is 2.32. The Morgan fingerprint density at radius 3 is 2.82 bits per heavy atom. The molecule has 2 aromatic rings.